The smallest absolute Gasteiger partial charge is 0.219 e. The first-order valence-corrected chi connectivity index (χ1v) is 6.48. The lowest BCUT2D eigenvalue weighted by atomic mass is 10.1. The maximum atomic E-state index is 5.78. The van der Waals surface area contributed by atoms with Gasteiger partial charge in [-0.3, -0.25) is 0 Å². The summed E-state index contributed by atoms with van der Waals surface area (Å²) >= 11 is 0. The van der Waals surface area contributed by atoms with E-state index in [0.29, 0.717) is 11.9 Å². The molecular formula is C16H20N2O. The van der Waals surface area contributed by atoms with E-state index in [0.717, 1.165) is 11.3 Å². The molecule has 2 aromatic rings. The van der Waals surface area contributed by atoms with Crippen LogP contribution in [0.2, 0.25) is 0 Å². The first kappa shape index (κ1) is 13.6. The first-order chi connectivity index (χ1) is 9.08. The Morgan fingerprint density at radius 1 is 1.11 bits per heavy atom. The standard InChI is InChI=1S/C16H20N2O/c1-11-7-12(2)9-15(8-11)19-16-6-5-14(10-18-16)13(3)17-4/h5-10,13,17H,1-4H3. The van der Waals surface area contributed by atoms with Crippen LogP contribution in [0.15, 0.2) is 36.5 Å². The summed E-state index contributed by atoms with van der Waals surface area (Å²) in [6, 6.07) is 10.4. The quantitative estimate of drug-likeness (QED) is 0.904. The van der Waals surface area contributed by atoms with Crippen molar-refractivity contribution in [3.63, 3.8) is 0 Å². The van der Waals surface area contributed by atoms with Crippen LogP contribution in [0.5, 0.6) is 11.6 Å². The lowest BCUT2D eigenvalue weighted by Crippen LogP contribution is -2.12. The third kappa shape index (κ3) is 3.55. The molecule has 2 rings (SSSR count). The van der Waals surface area contributed by atoms with Gasteiger partial charge in [0.15, 0.2) is 0 Å². The topological polar surface area (TPSA) is 34.1 Å². The molecule has 0 saturated heterocycles. The van der Waals surface area contributed by atoms with Crippen LogP contribution in [0.1, 0.15) is 29.7 Å². The summed E-state index contributed by atoms with van der Waals surface area (Å²) in [5, 5.41) is 3.18. The fourth-order valence-corrected chi connectivity index (χ4v) is 1.99. The zero-order valence-corrected chi connectivity index (χ0v) is 11.9. The number of hydrogen-bond donors (Lipinski definition) is 1. The van der Waals surface area contributed by atoms with E-state index >= 15 is 0 Å². The van der Waals surface area contributed by atoms with E-state index < -0.39 is 0 Å². The normalized spacial score (nSPS) is 12.2. The second-order valence-electron chi connectivity index (χ2n) is 4.87. The summed E-state index contributed by atoms with van der Waals surface area (Å²) in [6.07, 6.45) is 1.85. The highest BCUT2D eigenvalue weighted by atomic mass is 16.5. The molecule has 1 atom stereocenters. The summed E-state index contributed by atoms with van der Waals surface area (Å²) in [4.78, 5) is 4.34. The molecule has 0 saturated carbocycles. The average molecular weight is 256 g/mol. The Bertz CT molecular complexity index is 529. The Kier molecular flexibility index (Phi) is 4.17. The van der Waals surface area contributed by atoms with Gasteiger partial charge in [-0.1, -0.05) is 12.1 Å². The molecule has 0 aliphatic rings. The van der Waals surface area contributed by atoms with Gasteiger partial charge in [0, 0.05) is 18.3 Å². The molecule has 1 N–H and O–H groups in total. The van der Waals surface area contributed by atoms with Gasteiger partial charge in [-0.2, -0.15) is 0 Å². The van der Waals surface area contributed by atoms with E-state index in [1.54, 1.807) is 0 Å². The van der Waals surface area contributed by atoms with Crippen molar-refractivity contribution in [3.05, 3.63) is 53.2 Å². The summed E-state index contributed by atoms with van der Waals surface area (Å²) in [5.41, 5.74) is 3.53. The van der Waals surface area contributed by atoms with E-state index in [1.165, 1.54) is 11.1 Å². The Balaban J connectivity index is 2.15. The molecule has 0 aliphatic heterocycles. The molecule has 0 spiro atoms. The summed E-state index contributed by atoms with van der Waals surface area (Å²) < 4.78 is 5.78. The number of nitrogens with zero attached hydrogens (tertiary/aromatic N) is 1. The van der Waals surface area contributed by atoms with Gasteiger partial charge in [0.05, 0.1) is 0 Å². The fourth-order valence-electron chi connectivity index (χ4n) is 1.99. The molecule has 1 unspecified atom stereocenters. The molecule has 0 fully saturated rings. The molecular weight excluding hydrogens is 236 g/mol. The van der Waals surface area contributed by atoms with Crippen LogP contribution in [-0.4, -0.2) is 12.0 Å². The number of nitrogens with one attached hydrogen (secondary N) is 1. The number of pyridine rings is 1. The number of ether oxygens (including phenoxy) is 1. The summed E-state index contributed by atoms with van der Waals surface area (Å²) in [5.74, 6) is 1.46. The predicted octanol–water partition coefficient (Wildman–Crippen LogP) is 3.77. The van der Waals surface area contributed by atoms with Gasteiger partial charge in [0.1, 0.15) is 5.75 Å². The van der Waals surface area contributed by atoms with Crippen molar-refractivity contribution in [3.8, 4) is 11.6 Å². The van der Waals surface area contributed by atoms with Gasteiger partial charge in [0.2, 0.25) is 5.88 Å². The van der Waals surface area contributed by atoms with Crippen LogP contribution < -0.4 is 10.1 Å². The van der Waals surface area contributed by atoms with Crippen LogP contribution in [0, 0.1) is 13.8 Å². The van der Waals surface area contributed by atoms with Crippen LogP contribution in [0.4, 0.5) is 0 Å². The lowest BCUT2D eigenvalue weighted by Gasteiger charge is -2.11. The number of rotatable bonds is 4. The van der Waals surface area contributed by atoms with E-state index in [1.807, 2.05) is 37.5 Å². The predicted molar refractivity (Wildman–Crippen MR) is 77.7 cm³/mol. The minimum absolute atomic E-state index is 0.294. The maximum absolute atomic E-state index is 5.78. The van der Waals surface area contributed by atoms with Gasteiger partial charge in [-0.05, 0) is 56.6 Å². The number of benzene rings is 1. The molecule has 0 aliphatic carbocycles. The second kappa shape index (κ2) is 5.85. The zero-order valence-electron chi connectivity index (χ0n) is 11.9. The van der Waals surface area contributed by atoms with Crippen molar-refractivity contribution in [2.24, 2.45) is 0 Å². The third-order valence-corrected chi connectivity index (χ3v) is 3.11. The minimum Gasteiger partial charge on any atom is -0.439 e. The minimum atomic E-state index is 0.294. The highest BCUT2D eigenvalue weighted by Crippen LogP contribution is 2.23. The van der Waals surface area contributed by atoms with E-state index in [2.05, 4.69) is 37.1 Å². The van der Waals surface area contributed by atoms with Gasteiger partial charge in [0.25, 0.3) is 0 Å². The number of hydrogen-bond acceptors (Lipinski definition) is 3. The van der Waals surface area contributed by atoms with Crippen molar-refractivity contribution < 1.29 is 4.74 Å². The van der Waals surface area contributed by atoms with Gasteiger partial charge in [-0.15, -0.1) is 0 Å². The maximum Gasteiger partial charge on any atom is 0.219 e. The van der Waals surface area contributed by atoms with E-state index in [9.17, 15) is 0 Å². The Morgan fingerprint density at radius 3 is 2.32 bits per heavy atom. The van der Waals surface area contributed by atoms with Gasteiger partial charge >= 0.3 is 0 Å². The van der Waals surface area contributed by atoms with Gasteiger partial charge in [-0.25, -0.2) is 4.98 Å². The molecule has 1 heterocycles. The van der Waals surface area contributed by atoms with E-state index in [4.69, 9.17) is 4.74 Å². The number of aryl methyl sites for hydroxylation is 2. The molecule has 3 nitrogen and oxygen atoms in total. The third-order valence-electron chi connectivity index (χ3n) is 3.11. The zero-order chi connectivity index (χ0) is 13.8. The van der Waals surface area contributed by atoms with Crippen molar-refractivity contribution in [2.75, 3.05) is 7.05 Å². The molecule has 19 heavy (non-hydrogen) atoms. The molecule has 1 aromatic carbocycles. The average Bonchev–Trinajstić information content (AvgIpc) is 2.37. The summed E-state index contributed by atoms with van der Waals surface area (Å²) in [6.45, 7) is 6.22. The largest absolute Gasteiger partial charge is 0.439 e. The van der Waals surface area contributed by atoms with Crippen LogP contribution in [-0.2, 0) is 0 Å². The monoisotopic (exact) mass is 256 g/mol. The van der Waals surface area contributed by atoms with Crippen LogP contribution >= 0.6 is 0 Å². The highest BCUT2D eigenvalue weighted by Gasteiger charge is 2.04. The van der Waals surface area contributed by atoms with Crippen LogP contribution in [0.25, 0.3) is 0 Å². The van der Waals surface area contributed by atoms with Crippen LogP contribution in [0.3, 0.4) is 0 Å². The van der Waals surface area contributed by atoms with E-state index in [-0.39, 0.29) is 0 Å². The molecule has 3 heteroatoms. The molecule has 0 amide bonds. The van der Waals surface area contributed by atoms with Crippen molar-refractivity contribution >= 4 is 0 Å². The van der Waals surface area contributed by atoms with Crippen molar-refractivity contribution in [1.82, 2.24) is 10.3 Å². The SMILES string of the molecule is CNC(C)c1ccc(Oc2cc(C)cc(C)c2)nc1. The molecule has 0 bridgehead atoms. The Morgan fingerprint density at radius 2 is 1.79 bits per heavy atom. The summed E-state index contributed by atoms with van der Waals surface area (Å²) in [7, 11) is 1.94. The number of aromatic nitrogens is 1. The molecule has 100 valence electrons. The first-order valence-electron chi connectivity index (χ1n) is 6.48. The van der Waals surface area contributed by atoms with Crippen molar-refractivity contribution in [1.29, 1.82) is 0 Å². The Labute approximate surface area is 114 Å². The van der Waals surface area contributed by atoms with Crippen molar-refractivity contribution in [2.45, 2.75) is 26.8 Å². The molecule has 0 radical (unpaired) electrons. The van der Waals surface area contributed by atoms with Gasteiger partial charge < -0.3 is 10.1 Å². The lowest BCUT2D eigenvalue weighted by molar-refractivity contribution is 0.461. The highest BCUT2D eigenvalue weighted by molar-refractivity contribution is 5.35. The molecule has 1 aromatic heterocycles. The second-order valence-corrected chi connectivity index (χ2v) is 4.87. The Hall–Kier alpha value is -1.87. The fraction of sp³-hybridized carbons (Fsp3) is 0.312.